The third kappa shape index (κ3) is 3.91. The summed E-state index contributed by atoms with van der Waals surface area (Å²) >= 11 is 3.50. The van der Waals surface area contributed by atoms with Crippen molar-refractivity contribution in [3.8, 4) is 34.9 Å². The molecule has 0 amide bonds. The molecule has 4 heterocycles. The Bertz CT molecular complexity index is 2310. The Morgan fingerprint density at radius 3 is 1.48 bits per heavy atom. The highest BCUT2D eigenvalue weighted by molar-refractivity contribution is 9.10. The Labute approximate surface area is 266 Å². The first-order chi connectivity index (χ1) is 22.3. The molecule has 12 nitrogen and oxygen atoms in total. The Morgan fingerprint density at radius 1 is 0.630 bits per heavy atom. The lowest BCUT2D eigenvalue weighted by molar-refractivity contribution is 0.316. The summed E-state index contributed by atoms with van der Waals surface area (Å²) in [6.07, 6.45) is 2.78. The zero-order valence-electron chi connectivity index (χ0n) is 24.6. The number of furan rings is 2. The second-order valence-electron chi connectivity index (χ2n) is 10.1. The molecule has 0 aliphatic heterocycles. The molecule has 46 heavy (non-hydrogen) atoms. The summed E-state index contributed by atoms with van der Waals surface area (Å²) in [4.78, 5) is 29.3. The number of halogens is 1. The third-order valence-electron chi connectivity index (χ3n) is 7.96. The Morgan fingerprint density at radius 2 is 1.07 bits per heavy atom. The van der Waals surface area contributed by atoms with Crippen molar-refractivity contribution in [1.82, 2.24) is 0 Å². The number of ether oxygens (including phenoxy) is 4. The van der Waals surface area contributed by atoms with Crippen molar-refractivity contribution < 1.29 is 46.8 Å². The predicted molar refractivity (Wildman–Crippen MR) is 169 cm³/mol. The first-order valence-corrected chi connectivity index (χ1v) is 14.4. The molecule has 0 saturated heterocycles. The molecule has 0 spiro atoms. The van der Waals surface area contributed by atoms with Crippen LogP contribution in [0.5, 0.6) is 34.9 Å². The van der Waals surface area contributed by atoms with Gasteiger partial charge in [0.25, 0.3) is 11.9 Å². The van der Waals surface area contributed by atoms with Crippen LogP contribution in [0.3, 0.4) is 0 Å². The van der Waals surface area contributed by atoms with Crippen molar-refractivity contribution in [3.63, 3.8) is 0 Å². The summed E-state index contributed by atoms with van der Waals surface area (Å²) in [5.74, 6) is -2.89. The van der Waals surface area contributed by atoms with Crippen LogP contribution in [0.4, 0.5) is 0 Å². The molecule has 234 valence electrons. The maximum atomic E-state index is 14.6. The van der Waals surface area contributed by atoms with Crippen LogP contribution >= 0.6 is 15.9 Å². The van der Waals surface area contributed by atoms with Crippen molar-refractivity contribution in [1.29, 1.82) is 0 Å². The summed E-state index contributed by atoms with van der Waals surface area (Å²) < 4.78 is 45.7. The minimum Gasteiger partial charge on any atom is -0.495 e. The molecule has 7 aromatic rings. The van der Waals surface area contributed by atoms with Crippen LogP contribution in [0.2, 0.25) is 0 Å². The van der Waals surface area contributed by atoms with Crippen LogP contribution in [0, 0.1) is 0 Å². The maximum Gasteiger partial charge on any atom is 0.290 e. The highest BCUT2D eigenvalue weighted by Gasteiger charge is 2.37. The molecule has 4 aromatic heterocycles. The summed E-state index contributed by atoms with van der Waals surface area (Å²) in [6, 6.07) is 9.88. The van der Waals surface area contributed by atoms with Gasteiger partial charge in [-0.1, -0.05) is 34.1 Å². The van der Waals surface area contributed by atoms with E-state index in [1.54, 1.807) is 36.4 Å². The van der Waals surface area contributed by atoms with Gasteiger partial charge in [-0.25, -0.2) is 0 Å². The van der Waals surface area contributed by atoms with Gasteiger partial charge in [0.15, 0.2) is 22.3 Å². The van der Waals surface area contributed by atoms with Crippen LogP contribution in [-0.2, 0) is 0 Å². The van der Waals surface area contributed by atoms with Crippen molar-refractivity contribution in [2.75, 3.05) is 28.4 Å². The molecule has 0 radical (unpaired) electrons. The highest BCUT2D eigenvalue weighted by atomic mass is 79.9. The minimum atomic E-state index is -1.46. The monoisotopic (exact) mass is 690 g/mol. The van der Waals surface area contributed by atoms with Gasteiger partial charge in [0, 0.05) is 4.47 Å². The van der Waals surface area contributed by atoms with E-state index in [4.69, 9.17) is 36.6 Å². The van der Waals surface area contributed by atoms with E-state index in [1.165, 1.54) is 41.0 Å². The van der Waals surface area contributed by atoms with E-state index in [9.17, 15) is 19.8 Å². The molecule has 0 aliphatic rings. The fourth-order valence-corrected chi connectivity index (χ4v) is 6.59. The Hall–Kier alpha value is -5.56. The van der Waals surface area contributed by atoms with E-state index < -0.39 is 28.7 Å². The fourth-order valence-electron chi connectivity index (χ4n) is 6.08. The first-order valence-electron chi connectivity index (χ1n) is 13.6. The zero-order valence-corrected chi connectivity index (χ0v) is 26.1. The Kier molecular flexibility index (Phi) is 6.85. The topological polar surface area (TPSA) is 164 Å². The fraction of sp³-hybridized carbons (Fsp3) is 0.152. The number of benzene rings is 3. The maximum absolute atomic E-state index is 14.6. The molecular weight excluding hydrogens is 668 g/mol. The molecule has 0 fully saturated rings. The van der Waals surface area contributed by atoms with Crippen LogP contribution in [0.25, 0.3) is 43.9 Å². The largest absolute Gasteiger partial charge is 0.495 e. The average Bonchev–Trinajstić information content (AvgIpc) is 3.73. The number of rotatable bonds is 7. The number of aromatic hydroxyl groups is 2. The first kappa shape index (κ1) is 29.2. The Balaban J connectivity index is 1.67. The predicted octanol–water partition coefficient (Wildman–Crippen LogP) is 6.78. The van der Waals surface area contributed by atoms with Crippen molar-refractivity contribution in [2.24, 2.45) is 0 Å². The number of hydrogen-bond acceptors (Lipinski definition) is 12. The molecule has 3 aromatic carbocycles. The van der Waals surface area contributed by atoms with E-state index in [1.807, 2.05) is 0 Å². The second kappa shape index (κ2) is 10.8. The normalized spacial score (nSPS) is 11.7. The minimum absolute atomic E-state index is 0.0428. The van der Waals surface area contributed by atoms with Gasteiger partial charge in [-0.3, -0.25) is 9.59 Å². The quantitative estimate of drug-likeness (QED) is 0.180. The molecule has 0 bridgehead atoms. The van der Waals surface area contributed by atoms with Crippen LogP contribution in [0.15, 0.2) is 80.7 Å². The van der Waals surface area contributed by atoms with Gasteiger partial charge in [-0.15, -0.1) is 0 Å². The second-order valence-corrected chi connectivity index (χ2v) is 11.0. The summed E-state index contributed by atoms with van der Waals surface area (Å²) in [6.45, 7) is 0. The lowest BCUT2D eigenvalue weighted by Gasteiger charge is -2.21. The van der Waals surface area contributed by atoms with Gasteiger partial charge in [-0.05, 0) is 23.8 Å². The molecule has 0 atom stereocenters. The summed E-state index contributed by atoms with van der Waals surface area (Å²) in [7, 11) is 5.44. The van der Waals surface area contributed by atoms with Crippen molar-refractivity contribution in [3.05, 3.63) is 90.5 Å². The molecular formula is C33H23BrO12. The standard InChI is InChI=1S/C33H23BrO12/c1-39-24-14-9-11-43-26(14)30(41-3)28-20(24)22(35)18(32(37)45-28)17(13-7-5-6-8-16(13)34)19-23(36)21-25(40-2)15-10-12-44-27(15)31(42-4)29(21)46-33(19)38/h5-12,17,37-38H,1-4H3. The highest BCUT2D eigenvalue weighted by Crippen LogP contribution is 2.49. The van der Waals surface area contributed by atoms with Gasteiger partial charge < -0.3 is 46.8 Å². The molecule has 0 saturated carbocycles. The van der Waals surface area contributed by atoms with E-state index in [2.05, 4.69) is 15.9 Å². The molecule has 7 rings (SSSR count). The van der Waals surface area contributed by atoms with E-state index in [0.29, 0.717) is 20.8 Å². The van der Waals surface area contributed by atoms with Gasteiger partial charge >= 0.3 is 0 Å². The van der Waals surface area contributed by atoms with Crippen LogP contribution in [0.1, 0.15) is 22.6 Å². The van der Waals surface area contributed by atoms with Crippen molar-refractivity contribution >= 4 is 59.8 Å². The number of methoxy groups -OCH3 is 4. The number of hydrogen-bond donors (Lipinski definition) is 2. The summed E-state index contributed by atoms with van der Waals surface area (Å²) in [5, 5.41) is 23.6. The third-order valence-corrected chi connectivity index (χ3v) is 8.69. The van der Waals surface area contributed by atoms with E-state index in [0.717, 1.165) is 0 Å². The van der Waals surface area contributed by atoms with Gasteiger partial charge in [0.2, 0.25) is 22.4 Å². The van der Waals surface area contributed by atoms with Crippen LogP contribution in [-0.4, -0.2) is 38.7 Å². The summed E-state index contributed by atoms with van der Waals surface area (Å²) in [5.41, 5.74) is -1.85. The molecule has 13 heteroatoms. The van der Waals surface area contributed by atoms with E-state index >= 15 is 0 Å². The van der Waals surface area contributed by atoms with E-state index in [-0.39, 0.29) is 67.2 Å². The average molecular weight is 691 g/mol. The van der Waals surface area contributed by atoms with Gasteiger partial charge in [-0.2, -0.15) is 0 Å². The lowest BCUT2D eigenvalue weighted by Crippen LogP contribution is -2.23. The zero-order chi connectivity index (χ0) is 32.4. The number of fused-ring (bicyclic) bond motifs is 4. The van der Waals surface area contributed by atoms with Crippen LogP contribution < -0.4 is 29.8 Å². The van der Waals surface area contributed by atoms with Gasteiger partial charge in [0.05, 0.1) is 68.8 Å². The van der Waals surface area contributed by atoms with Crippen molar-refractivity contribution in [2.45, 2.75) is 5.92 Å². The molecule has 0 unspecified atom stereocenters. The molecule has 2 N–H and O–H groups in total. The lowest BCUT2D eigenvalue weighted by atomic mass is 9.84. The molecule has 0 aliphatic carbocycles. The SMILES string of the molecule is COc1c2occc2c(OC)c2c(=O)c(C(c3ccccc3Br)c3c(O)oc4c(OC)c5occc5c(OC)c4c3=O)c(O)oc12. The smallest absolute Gasteiger partial charge is 0.290 e. The van der Waals surface area contributed by atoms with Gasteiger partial charge in [0.1, 0.15) is 22.3 Å².